The van der Waals surface area contributed by atoms with Crippen LogP contribution in [0.5, 0.6) is 5.75 Å². The minimum Gasteiger partial charge on any atom is -0.482 e. The van der Waals surface area contributed by atoms with Gasteiger partial charge in [0.1, 0.15) is 5.75 Å². The van der Waals surface area contributed by atoms with Gasteiger partial charge in [0.25, 0.3) is 0 Å². The van der Waals surface area contributed by atoms with Gasteiger partial charge in [-0.3, -0.25) is 4.79 Å². The minimum atomic E-state index is -1.02. The van der Waals surface area contributed by atoms with Crippen molar-refractivity contribution in [3.63, 3.8) is 0 Å². The SMILES string of the molecule is CCCCC(C)C(=O)Nc1ccc(OCC(=O)O)cc1C. The molecule has 0 fully saturated rings. The van der Waals surface area contributed by atoms with Crippen LogP contribution in [0.25, 0.3) is 0 Å². The third kappa shape index (κ3) is 5.85. The first-order valence-electron chi connectivity index (χ1n) is 7.20. The molecule has 0 saturated heterocycles. The Morgan fingerprint density at radius 2 is 2.10 bits per heavy atom. The zero-order chi connectivity index (χ0) is 15.8. The fraction of sp³-hybridized carbons (Fsp3) is 0.500. The van der Waals surface area contributed by atoms with Crippen LogP contribution in [0.3, 0.4) is 0 Å². The van der Waals surface area contributed by atoms with Gasteiger partial charge in [-0.25, -0.2) is 4.79 Å². The Hall–Kier alpha value is -2.04. The number of benzene rings is 1. The molecule has 1 rings (SSSR count). The van der Waals surface area contributed by atoms with Crippen molar-refractivity contribution in [2.45, 2.75) is 40.0 Å². The largest absolute Gasteiger partial charge is 0.482 e. The molecule has 1 amide bonds. The lowest BCUT2D eigenvalue weighted by atomic mass is 10.0. The van der Waals surface area contributed by atoms with Crippen LogP contribution in [-0.4, -0.2) is 23.6 Å². The van der Waals surface area contributed by atoms with Crippen LogP contribution in [0.2, 0.25) is 0 Å². The van der Waals surface area contributed by atoms with Crippen LogP contribution in [0, 0.1) is 12.8 Å². The normalized spacial score (nSPS) is 11.8. The van der Waals surface area contributed by atoms with Gasteiger partial charge in [-0.1, -0.05) is 26.7 Å². The number of carbonyl (C=O) groups is 2. The van der Waals surface area contributed by atoms with Crippen molar-refractivity contribution >= 4 is 17.6 Å². The van der Waals surface area contributed by atoms with Gasteiger partial charge in [-0.2, -0.15) is 0 Å². The summed E-state index contributed by atoms with van der Waals surface area (Å²) in [6.07, 6.45) is 2.99. The van der Waals surface area contributed by atoms with Crippen LogP contribution < -0.4 is 10.1 Å². The molecule has 0 aromatic heterocycles. The molecule has 21 heavy (non-hydrogen) atoms. The molecule has 0 radical (unpaired) electrons. The monoisotopic (exact) mass is 293 g/mol. The quantitative estimate of drug-likeness (QED) is 0.771. The van der Waals surface area contributed by atoms with Crippen molar-refractivity contribution in [3.8, 4) is 5.75 Å². The fourth-order valence-corrected chi connectivity index (χ4v) is 1.91. The van der Waals surface area contributed by atoms with Gasteiger partial charge in [-0.05, 0) is 37.1 Å². The fourth-order valence-electron chi connectivity index (χ4n) is 1.91. The highest BCUT2D eigenvalue weighted by molar-refractivity contribution is 5.93. The van der Waals surface area contributed by atoms with Crippen molar-refractivity contribution in [2.75, 3.05) is 11.9 Å². The lowest BCUT2D eigenvalue weighted by Crippen LogP contribution is -2.20. The van der Waals surface area contributed by atoms with E-state index in [0.29, 0.717) is 5.75 Å². The Kier molecular flexibility index (Phi) is 6.72. The third-order valence-corrected chi connectivity index (χ3v) is 3.26. The van der Waals surface area contributed by atoms with Crippen LogP contribution >= 0.6 is 0 Å². The van der Waals surface area contributed by atoms with E-state index in [9.17, 15) is 9.59 Å². The molecule has 1 aromatic rings. The lowest BCUT2D eigenvalue weighted by Gasteiger charge is -2.14. The van der Waals surface area contributed by atoms with Gasteiger partial charge < -0.3 is 15.2 Å². The minimum absolute atomic E-state index is 0.00533. The molecule has 1 aromatic carbocycles. The first kappa shape index (κ1) is 17.0. The van der Waals surface area contributed by atoms with E-state index in [0.717, 1.165) is 30.5 Å². The highest BCUT2D eigenvalue weighted by atomic mass is 16.5. The number of hydrogen-bond donors (Lipinski definition) is 2. The highest BCUT2D eigenvalue weighted by Crippen LogP contribution is 2.22. The molecule has 0 saturated carbocycles. The topological polar surface area (TPSA) is 75.6 Å². The predicted octanol–water partition coefficient (Wildman–Crippen LogP) is 3.22. The summed E-state index contributed by atoms with van der Waals surface area (Å²) in [4.78, 5) is 22.5. The van der Waals surface area contributed by atoms with Crippen molar-refractivity contribution in [1.82, 2.24) is 0 Å². The summed E-state index contributed by atoms with van der Waals surface area (Å²) in [7, 11) is 0. The van der Waals surface area contributed by atoms with Crippen molar-refractivity contribution < 1.29 is 19.4 Å². The number of nitrogens with one attached hydrogen (secondary N) is 1. The van der Waals surface area contributed by atoms with Gasteiger partial charge in [0.05, 0.1) is 0 Å². The Morgan fingerprint density at radius 1 is 1.38 bits per heavy atom. The van der Waals surface area contributed by atoms with E-state index in [4.69, 9.17) is 9.84 Å². The number of carbonyl (C=O) groups excluding carboxylic acids is 1. The molecule has 1 atom stereocenters. The van der Waals surface area contributed by atoms with Crippen LogP contribution in [0.1, 0.15) is 38.7 Å². The molecule has 5 nitrogen and oxygen atoms in total. The Bertz CT molecular complexity index is 499. The smallest absolute Gasteiger partial charge is 0.341 e. The average Bonchev–Trinajstić information content (AvgIpc) is 2.44. The van der Waals surface area contributed by atoms with E-state index in [2.05, 4.69) is 12.2 Å². The summed E-state index contributed by atoms with van der Waals surface area (Å²) in [5.41, 5.74) is 1.57. The summed E-state index contributed by atoms with van der Waals surface area (Å²) < 4.78 is 5.10. The Balaban J connectivity index is 2.63. The molecule has 0 heterocycles. The number of carboxylic acids is 1. The van der Waals surface area contributed by atoms with Gasteiger partial charge >= 0.3 is 5.97 Å². The zero-order valence-electron chi connectivity index (χ0n) is 12.8. The Labute approximate surface area is 125 Å². The number of aryl methyl sites for hydroxylation is 1. The molecule has 5 heteroatoms. The first-order chi connectivity index (χ1) is 9.93. The number of carboxylic acid groups (broad SMARTS) is 1. The number of ether oxygens (including phenoxy) is 1. The first-order valence-corrected chi connectivity index (χ1v) is 7.20. The molecule has 0 aliphatic heterocycles. The number of amides is 1. The molecule has 2 N–H and O–H groups in total. The number of rotatable bonds is 8. The summed E-state index contributed by atoms with van der Waals surface area (Å²) in [6, 6.07) is 5.11. The highest BCUT2D eigenvalue weighted by Gasteiger charge is 2.13. The van der Waals surface area contributed by atoms with Gasteiger partial charge in [0.15, 0.2) is 6.61 Å². The third-order valence-electron chi connectivity index (χ3n) is 3.26. The van der Waals surface area contributed by atoms with E-state index in [-0.39, 0.29) is 18.4 Å². The van der Waals surface area contributed by atoms with Gasteiger partial charge in [-0.15, -0.1) is 0 Å². The second-order valence-electron chi connectivity index (χ2n) is 5.19. The van der Waals surface area contributed by atoms with E-state index in [1.165, 1.54) is 0 Å². The average molecular weight is 293 g/mol. The van der Waals surface area contributed by atoms with Gasteiger partial charge in [0.2, 0.25) is 5.91 Å². The Morgan fingerprint density at radius 3 is 2.67 bits per heavy atom. The van der Waals surface area contributed by atoms with Crippen molar-refractivity contribution in [3.05, 3.63) is 23.8 Å². The van der Waals surface area contributed by atoms with Gasteiger partial charge in [0, 0.05) is 11.6 Å². The molecule has 0 spiro atoms. The second-order valence-corrected chi connectivity index (χ2v) is 5.19. The maximum atomic E-state index is 12.1. The summed E-state index contributed by atoms with van der Waals surface area (Å²) in [6.45, 7) is 5.49. The number of anilines is 1. The molecule has 1 unspecified atom stereocenters. The molecular formula is C16H23NO4. The lowest BCUT2D eigenvalue weighted by molar-refractivity contribution is -0.139. The number of hydrogen-bond acceptors (Lipinski definition) is 3. The summed E-state index contributed by atoms with van der Waals surface area (Å²) in [5.74, 6) is -0.556. The molecule has 116 valence electrons. The maximum absolute atomic E-state index is 12.1. The van der Waals surface area contributed by atoms with Crippen LogP contribution in [0.4, 0.5) is 5.69 Å². The van der Waals surface area contributed by atoms with E-state index < -0.39 is 5.97 Å². The molecular weight excluding hydrogens is 270 g/mol. The maximum Gasteiger partial charge on any atom is 0.341 e. The van der Waals surface area contributed by atoms with E-state index >= 15 is 0 Å². The summed E-state index contributed by atoms with van der Waals surface area (Å²) >= 11 is 0. The summed E-state index contributed by atoms with van der Waals surface area (Å²) in [5, 5.41) is 11.5. The van der Waals surface area contributed by atoms with Crippen molar-refractivity contribution in [2.24, 2.45) is 5.92 Å². The molecule has 0 aliphatic rings. The van der Waals surface area contributed by atoms with Crippen molar-refractivity contribution in [1.29, 1.82) is 0 Å². The van der Waals surface area contributed by atoms with Crippen LogP contribution in [0.15, 0.2) is 18.2 Å². The number of unbranched alkanes of at least 4 members (excludes halogenated alkanes) is 1. The van der Waals surface area contributed by atoms with E-state index in [1.807, 2.05) is 13.8 Å². The zero-order valence-corrected chi connectivity index (χ0v) is 12.8. The predicted molar refractivity (Wildman–Crippen MR) is 81.6 cm³/mol. The molecule has 0 bridgehead atoms. The number of aliphatic carboxylic acids is 1. The molecule has 0 aliphatic carbocycles. The second kappa shape index (κ2) is 8.29. The van der Waals surface area contributed by atoms with E-state index in [1.54, 1.807) is 18.2 Å². The standard InChI is InChI=1S/C16H23NO4/c1-4-5-6-11(2)16(20)17-14-8-7-13(9-12(14)3)21-10-15(18)19/h7-9,11H,4-6,10H2,1-3H3,(H,17,20)(H,18,19). The van der Waals surface area contributed by atoms with Crippen LogP contribution in [-0.2, 0) is 9.59 Å².